The number of halogens is 1. The molecule has 4 heteroatoms. The standard InChI is InChI=1S/C7H12BrN3/c1-3-5-6-7(8)10-11(4-2)9-6/h3-5H2,1-2H3. The van der Waals surface area contributed by atoms with Gasteiger partial charge in [0, 0.05) is 0 Å². The predicted molar refractivity (Wildman–Crippen MR) is 47.4 cm³/mol. The van der Waals surface area contributed by atoms with Crippen LogP contribution in [0.4, 0.5) is 0 Å². The lowest BCUT2D eigenvalue weighted by Gasteiger charge is -1.89. The molecule has 3 nitrogen and oxygen atoms in total. The molecule has 0 saturated carbocycles. The average Bonchev–Trinajstić information content (AvgIpc) is 2.33. The first-order valence-electron chi connectivity index (χ1n) is 3.87. The smallest absolute Gasteiger partial charge is 0.151 e. The first-order chi connectivity index (χ1) is 5.27. The van der Waals surface area contributed by atoms with Gasteiger partial charge in [0.1, 0.15) is 0 Å². The maximum absolute atomic E-state index is 4.28. The fraction of sp³-hybridized carbons (Fsp3) is 0.714. The SMILES string of the molecule is CCCc1nn(CC)nc1Br. The Morgan fingerprint density at radius 3 is 2.55 bits per heavy atom. The van der Waals surface area contributed by atoms with Gasteiger partial charge >= 0.3 is 0 Å². The van der Waals surface area contributed by atoms with E-state index >= 15 is 0 Å². The van der Waals surface area contributed by atoms with Crippen molar-refractivity contribution in [1.29, 1.82) is 0 Å². The number of hydrogen-bond donors (Lipinski definition) is 0. The fourth-order valence-corrected chi connectivity index (χ4v) is 1.35. The van der Waals surface area contributed by atoms with Crippen LogP contribution in [0.2, 0.25) is 0 Å². The topological polar surface area (TPSA) is 30.7 Å². The van der Waals surface area contributed by atoms with Gasteiger partial charge in [-0.15, -0.1) is 5.10 Å². The van der Waals surface area contributed by atoms with Crippen molar-refractivity contribution in [2.45, 2.75) is 33.2 Å². The molecule has 1 aromatic heterocycles. The monoisotopic (exact) mass is 217 g/mol. The van der Waals surface area contributed by atoms with E-state index in [9.17, 15) is 0 Å². The van der Waals surface area contributed by atoms with Crippen LogP contribution < -0.4 is 0 Å². The quantitative estimate of drug-likeness (QED) is 0.776. The van der Waals surface area contributed by atoms with Crippen LogP contribution in [0.1, 0.15) is 26.0 Å². The Morgan fingerprint density at radius 1 is 1.36 bits per heavy atom. The van der Waals surface area contributed by atoms with Gasteiger partial charge in [0.2, 0.25) is 0 Å². The Hall–Kier alpha value is -0.380. The lowest BCUT2D eigenvalue weighted by atomic mass is 10.3. The van der Waals surface area contributed by atoms with Crippen molar-refractivity contribution in [3.63, 3.8) is 0 Å². The summed E-state index contributed by atoms with van der Waals surface area (Å²) in [4.78, 5) is 1.70. The zero-order chi connectivity index (χ0) is 8.27. The van der Waals surface area contributed by atoms with Gasteiger partial charge in [-0.3, -0.25) is 0 Å². The van der Waals surface area contributed by atoms with E-state index in [0.717, 1.165) is 29.7 Å². The van der Waals surface area contributed by atoms with E-state index in [2.05, 4.69) is 33.1 Å². The summed E-state index contributed by atoms with van der Waals surface area (Å²) < 4.78 is 0.890. The molecule has 11 heavy (non-hydrogen) atoms. The van der Waals surface area contributed by atoms with E-state index in [1.54, 1.807) is 4.80 Å². The first-order valence-corrected chi connectivity index (χ1v) is 4.66. The van der Waals surface area contributed by atoms with Crippen molar-refractivity contribution < 1.29 is 0 Å². The van der Waals surface area contributed by atoms with Crippen LogP contribution in [0.3, 0.4) is 0 Å². The van der Waals surface area contributed by atoms with Crippen LogP contribution in [-0.4, -0.2) is 15.0 Å². The molecule has 0 bridgehead atoms. The summed E-state index contributed by atoms with van der Waals surface area (Å²) in [6.07, 6.45) is 2.11. The number of aryl methyl sites for hydroxylation is 2. The summed E-state index contributed by atoms with van der Waals surface area (Å²) in [5, 5.41) is 8.45. The van der Waals surface area contributed by atoms with Crippen LogP contribution in [0, 0.1) is 0 Å². The van der Waals surface area contributed by atoms with E-state index in [1.807, 2.05) is 6.92 Å². The lowest BCUT2D eigenvalue weighted by molar-refractivity contribution is 0.561. The van der Waals surface area contributed by atoms with Gasteiger partial charge in [0.05, 0.1) is 12.2 Å². The zero-order valence-electron chi connectivity index (χ0n) is 6.84. The Bertz CT molecular complexity index is 232. The molecule has 0 aliphatic carbocycles. The maximum Gasteiger partial charge on any atom is 0.151 e. The summed E-state index contributed by atoms with van der Waals surface area (Å²) in [5.74, 6) is 0. The van der Waals surface area contributed by atoms with Crippen LogP contribution in [0.25, 0.3) is 0 Å². The maximum atomic E-state index is 4.28. The second kappa shape index (κ2) is 3.85. The lowest BCUT2D eigenvalue weighted by Crippen LogP contribution is -1.98. The molecule has 0 amide bonds. The molecule has 0 aliphatic rings. The van der Waals surface area contributed by atoms with Crippen molar-refractivity contribution in [2.24, 2.45) is 0 Å². The molecule has 0 aromatic carbocycles. The molecule has 62 valence electrons. The van der Waals surface area contributed by atoms with Crippen molar-refractivity contribution in [3.05, 3.63) is 10.3 Å². The van der Waals surface area contributed by atoms with Gasteiger partial charge in [0.15, 0.2) is 4.60 Å². The second-order valence-electron chi connectivity index (χ2n) is 2.38. The highest BCUT2D eigenvalue weighted by molar-refractivity contribution is 9.10. The minimum Gasteiger partial charge on any atom is -0.184 e. The van der Waals surface area contributed by atoms with E-state index in [-0.39, 0.29) is 0 Å². The molecule has 0 N–H and O–H groups in total. The summed E-state index contributed by atoms with van der Waals surface area (Å²) >= 11 is 3.36. The Morgan fingerprint density at radius 2 is 2.09 bits per heavy atom. The third-order valence-corrected chi connectivity index (χ3v) is 2.06. The Balaban J connectivity index is 2.79. The molecule has 1 rings (SSSR count). The first kappa shape index (κ1) is 8.71. The minimum atomic E-state index is 0.836. The van der Waals surface area contributed by atoms with Crippen molar-refractivity contribution in [2.75, 3.05) is 0 Å². The van der Waals surface area contributed by atoms with Gasteiger partial charge in [0.25, 0.3) is 0 Å². The number of rotatable bonds is 3. The average molecular weight is 218 g/mol. The van der Waals surface area contributed by atoms with E-state index < -0.39 is 0 Å². The van der Waals surface area contributed by atoms with Crippen LogP contribution >= 0.6 is 15.9 Å². The molecule has 0 aliphatic heterocycles. The molecule has 0 radical (unpaired) electrons. The van der Waals surface area contributed by atoms with Crippen LogP contribution in [0.5, 0.6) is 0 Å². The van der Waals surface area contributed by atoms with E-state index in [0.29, 0.717) is 0 Å². The molecule has 0 spiro atoms. The van der Waals surface area contributed by atoms with E-state index in [1.165, 1.54) is 0 Å². The number of hydrogen-bond acceptors (Lipinski definition) is 2. The third-order valence-electron chi connectivity index (χ3n) is 1.45. The Labute approximate surface area is 74.9 Å². The summed E-state index contributed by atoms with van der Waals surface area (Å²) in [5.41, 5.74) is 1.06. The highest BCUT2D eigenvalue weighted by atomic mass is 79.9. The van der Waals surface area contributed by atoms with Crippen LogP contribution in [0.15, 0.2) is 4.60 Å². The van der Waals surface area contributed by atoms with Gasteiger partial charge in [-0.1, -0.05) is 13.3 Å². The molecule has 1 aromatic rings. The Kier molecular flexibility index (Phi) is 3.05. The van der Waals surface area contributed by atoms with Gasteiger partial charge < -0.3 is 0 Å². The highest BCUT2D eigenvalue weighted by Gasteiger charge is 2.04. The summed E-state index contributed by atoms with van der Waals surface area (Å²) in [6.45, 7) is 5.00. The molecule has 0 fully saturated rings. The highest BCUT2D eigenvalue weighted by Crippen LogP contribution is 2.12. The molecule has 1 heterocycles. The number of nitrogens with zero attached hydrogens (tertiary/aromatic N) is 3. The predicted octanol–water partition coefficient (Wildman–Crippen LogP) is 2.01. The normalized spacial score (nSPS) is 10.5. The largest absolute Gasteiger partial charge is 0.184 e. The summed E-state index contributed by atoms with van der Waals surface area (Å²) in [7, 11) is 0. The molecular formula is C7H12BrN3. The van der Waals surface area contributed by atoms with Crippen molar-refractivity contribution in [3.8, 4) is 0 Å². The van der Waals surface area contributed by atoms with Gasteiger partial charge in [-0.05, 0) is 29.3 Å². The molecule has 0 atom stereocenters. The van der Waals surface area contributed by atoms with Crippen molar-refractivity contribution >= 4 is 15.9 Å². The van der Waals surface area contributed by atoms with Crippen molar-refractivity contribution in [1.82, 2.24) is 15.0 Å². The zero-order valence-corrected chi connectivity index (χ0v) is 8.43. The minimum absolute atomic E-state index is 0.836. The third kappa shape index (κ3) is 2.02. The molecule has 0 saturated heterocycles. The number of aromatic nitrogens is 3. The van der Waals surface area contributed by atoms with Gasteiger partial charge in [-0.2, -0.15) is 9.90 Å². The fourth-order valence-electron chi connectivity index (χ4n) is 0.893. The second-order valence-corrected chi connectivity index (χ2v) is 3.13. The molecule has 0 unspecified atom stereocenters. The van der Waals surface area contributed by atoms with Gasteiger partial charge in [-0.25, -0.2) is 0 Å². The summed E-state index contributed by atoms with van der Waals surface area (Å²) in [6, 6.07) is 0. The van der Waals surface area contributed by atoms with Crippen LogP contribution in [-0.2, 0) is 13.0 Å². The van der Waals surface area contributed by atoms with E-state index in [4.69, 9.17) is 0 Å². The molecular weight excluding hydrogens is 206 g/mol.